The fraction of sp³-hybridized carbons (Fsp3) is 0.423. The average molecular weight is 454 g/mol. The van der Waals surface area contributed by atoms with Crippen molar-refractivity contribution >= 4 is 16.8 Å². The number of nitrogens with two attached hydrogens (primary N) is 1. The van der Waals surface area contributed by atoms with E-state index in [4.69, 9.17) is 10.5 Å². The van der Waals surface area contributed by atoms with Crippen LogP contribution in [0, 0.1) is 17.6 Å². The Hall–Kier alpha value is -2.93. The average Bonchev–Trinajstić information content (AvgIpc) is 3.16. The third-order valence-electron chi connectivity index (χ3n) is 7.11. The third-order valence-corrected chi connectivity index (χ3v) is 7.11. The van der Waals surface area contributed by atoms with E-state index in [-0.39, 0.29) is 17.6 Å². The van der Waals surface area contributed by atoms with Crippen molar-refractivity contribution in [3.05, 3.63) is 64.4 Å². The van der Waals surface area contributed by atoms with E-state index in [1.54, 1.807) is 6.07 Å². The van der Waals surface area contributed by atoms with Gasteiger partial charge in [0.2, 0.25) is 5.91 Å². The lowest BCUT2D eigenvalue weighted by Gasteiger charge is -2.38. The zero-order valence-electron chi connectivity index (χ0n) is 18.8. The summed E-state index contributed by atoms with van der Waals surface area (Å²) in [5.74, 6) is -0.654. The highest BCUT2D eigenvalue weighted by molar-refractivity contribution is 5.95. The number of fused-ring (bicyclic) bond motifs is 4. The van der Waals surface area contributed by atoms with Crippen molar-refractivity contribution in [1.29, 1.82) is 0 Å². The molecule has 2 aliphatic rings. The number of carbonyl (C=O) groups excluding carboxylic acids is 1. The normalized spacial score (nSPS) is 19.9. The van der Waals surface area contributed by atoms with E-state index in [0.29, 0.717) is 30.1 Å². The van der Waals surface area contributed by atoms with Gasteiger partial charge in [-0.2, -0.15) is 0 Å². The van der Waals surface area contributed by atoms with Crippen molar-refractivity contribution in [2.75, 3.05) is 19.7 Å². The highest BCUT2D eigenvalue weighted by Crippen LogP contribution is 2.35. The largest absolute Gasteiger partial charge is 0.489 e. The van der Waals surface area contributed by atoms with Crippen LogP contribution in [-0.2, 0) is 19.3 Å². The first kappa shape index (κ1) is 21.9. The van der Waals surface area contributed by atoms with E-state index in [1.165, 1.54) is 29.5 Å². The summed E-state index contributed by atoms with van der Waals surface area (Å²) >= 11 is 0. The lowest BCUT2D eigenvalue weighted by Crippen LogP contribution is -2.46. The number of benzene rings is 2. The number of hydrogen-bond donors (Lipinski definition) is 2. The van der Waals surface area contributed by atoms with Crippen LogP contribution >= 0.6 is 0 Å². The summed E-state index contributed by atoms with van der Waals surface area (Å²) in [6.45, 7) is 4.28. The minimum atomic E-state index is -0.566. The highest BCUT2D eigenvalue weighted by atomic mass is 19.1. The van der Waals surface area contributed by atoms with E-state index in [1.807, 2.05) is 6.07 Å². The van der Waals surface area contributed by atoms with Gasteiger partial charge in [-0.3, -0.25) is 9.69 Å². The smallest absolute Gasteiger partial charge is 0.249 e. The number of hydrogen-bond acceptors (Lipinski definition) is 3. The number of aromatic nitrogens is 1. The molecule has 5 nitrogen and oxygen atoms in total. The van der Waals surface area contributed by atoms with Crippen LogP contribution in [0.15, 0.2) is 30.3 Å². The number of primary amides is 1. The molecule has 0 fully saturated rings. The third kappa shape index (κ3) is 4.10. The molecule has 1 aliphatic heterocycles. The van der Waals surface area contributed by atoms with Gasteiger partial charge >= 0.3 is 0 Å². The Morgan fingerprint density at radius 2 is 2.06 bits per heavy atom. The van der Waals surface area contributed by atoms with Crippen LogP contribution in [0.1, 0.15) is 46.9 Å². The number of carbonyl (C=O) groups is 1. The van der Waals surface area contributed by atoms with Gasteiger partial charge in [0.25, 0.3) is 0 Å². The molecular weight excluding hydrogens is 424 g/mol. The Labute approximate surface area is 191 Å². The summed E-state index contributed by atoms with van der Waals surface area (Å²) in [4.78, 5) is 17.8. The number of nitrogens with zero attached hydrogens (tertiary/aromatic N) is 1. The van der Waals surface area contributed by atoms with Crippen LogP contribution in [0.5, 0.6) is 5.75 Å². The lowest BCUT2D eigenvalue weighted by atomic mass is 9.85. The van der Waals surface area contributed by atoms with Gasteiger partial charge in [-0.25, -0.2) is 8.78 Å². The Bertz CT molecular complexity index is 1210. The molecule has 7 heteroatoms. The van der Waals surface area contributed by atoms with Crippen molar-refractivity contribution in [1.82, 2.24) is 9.88 Å². The first-order valence-corrected chi connectivity index (χ1v) is 11.7. The number of ether oxygens (including phenoxy) is 1. The van der Waals surface area contributed by atoms with Crippen LogP contribution in [0.4, 0.5) is 8.78 Å². The van der Waals surface area contributed by atoms with Crippen LogP contribution in [0.3, 0.4) is 0 Å². The van der Waals surface area contributed by atoms with Gasteiger partial charge in [-0.05, 0) is 80.5 Å². The minimum absolute atomic E-state index is 0.0409. The first-order chi connectivity index (χ1) is 15.9. The summed E-state index contributed by atoms with van der Waals surface area (Å²) in [5, 5.41) is 0.980. The first-order valence-electron chi connectivity index (χ1n) is 11.7. The molecular formula is C26H29F2N3O2. The molecule has 0 saturated heterocycles. The number of halogens is 2. The summed E-state index contributed by atoms with van der Waals surface area (Å²) < 4.78 is 34.0. The van der Waals surface area contributed by atoms with Gasteiger partial charge in [0.15, 0.2) is 11.6 Å². The maximum atomic E-state index is 14.3. The molecule has 33 heavy (non-hydrogen) atoms. The topological polar surface area (TPSA) is 71.3 Å². The molecule has 1 amide bonds. The summed E-state index contributed by atoms with van der Waals surface area (Å²) in [6.07, 6.45) is 4.39. The lowest BCUT2D eigenvalue weighted by molar-refractivity contribution is 0.0940. The van der Waals surface area contributed by atoms with Gasteiger partial charge in [0.05, 0.1) is 0 Å². The Kier molecular flexibility index (Phi) is 5.83. The zero-order chi connectivity index (χ0) is 23.1. The predicted molar refractivity (Wildman–Crippen MR) is 124 cm³/mol. The number of aromatic amines is 1. The van der Waals surface area contributed by atoms with Gasteiger partial charge in [0, 0.05) is 40.3 Å². The maximum absolute atomic E-state index is 14.3. The monoisotopic (exact) mass is 453 g/mol. The van der Waals surface area contributed by atoms with Crippen LogP contribution in [0.25, 0.3) is 10.9 Å². The highest BCUT2D eigenvalue weighted by Gasteiger charge is 2.32. The fourth-order valence-corrected chi connectivity index (χ4v) is 5.56. The van der Waals surface area contributed by atoms with Crippen molar-refractivity contribution in [2.45, 2.75) is 45.1 Å². The quantitative estimate of drug-likeness (QED) is 0.582. The molecule has 0 spiro atoms. The van der Waals surface area contributed by atoms with E-state index >= 15 is 0 Å². The molecule has 0 radical (unpaired) electrons. The van der Waals surface area contributed by atoms with E-state index in [0.717, 1.165) is 49.7 Å². The zero-order valence-corrected chi connectivity index (χ0v) is 18.8. The molecule has 2 heterocycles. The standard InChI is InChI=1S/C26H29F2N3O2/c1-2-9-31(17-12-21-18(26(29)32)5-6-22(28)25(21)33-14-17)13-15-3-7-23-19(10-15)20-11-16(27)4-8-24(20)30-23/h4-6,8,11,15,17,30H,2-3,7,9-10,12-14H2,1H3,(H2,29,32)/t15-,17-/m1/s1. The molecule has 0 saturated carbocycles. The van der Waals surface area contributed by atoms with Gasteiger partial charge < -0.3 is 15.5 Å². The molecule has 2 atom stereocenters. The van der Waals surface area contributed by atoms with Crippen molar-refractivity contribution in [3.63, 3.8) is 0 Å². The van der Waals surface area contributed by atoms with E-state index < -0.39 is 11.7 Å². The number of H-pyrrole nitrogens is 1. The molecule has 0 bridgehead atoms. The Balaban J connectivity index is 1.37. The molecule has 5 rings (SSSR count). The molecule has 0 unspecified atom stereocenters. The van der Waals surface area contributed by atoms with Crippen LogP contribution in [-0.4, -0.2) is 41.5 Å². The second-order valence-corrected chi connectivity index (χ2v) is 9.31. The van der Waals surface area contributed by atoms with E-state index in [2.05, 4.69) is 16.8 Å². The molecule has 174 valence electrons. The van der Waals surface area contributed by atoms with Gasteiger partial charge in [-0.1, -0.05) is 6.92 Å². The minimum Gasteiger partial charge on any atom is -0.489 e. The maximum Gasteiger partial charge on any atom is 0.249 e. The second kappa shape index (κ2) is 8.78. The number of amides is 1. The van der Waals surface area contributed by atoms with Gasteiger partial charge in [-0.15, -0.1) is 0 Å². The second-order valence-electron chi connectivity index (χ2n) is 9.31. The van der Waals surface area contributed by atoms with Gasteiger partial charge in [0.1, 0.15) is 12.4 Å². The molecule has 3 aromatic rings. The SMILES string of the molecule is CCCN(C[C@@H]1CCc2[nH]c3ccc(F)cc3c2C1)[C@H]1COc2c(F)ccc(C(N)=O)c2C1. The Morgan fingerprint density at radius 3 is 2.85 bits per heavy atom. The predicted octanol–water partition coefficient (Wildman–Crippen LogP) is 4.37. The summed E-state index contributed by atoms with van der Waals surface area (Å²) in [7, 11) is 0. The fourth-order valence-electron chi connectivity index (χ4n) is 5.56. The molecule has 2 aromatic carbocycles. The summed E-state index contributed by atoms with van der Waals surface area (Å²) in [5.41, 5.74) is 9.87. The molecule has 3 N–H and O–H groups in total. The van der Waals surface area contributed by atoms with Crippen molar-refractivity contribution in [3.8, 4) is 5.75 Å². The molecule has 1 aromatic heterocycles. The number of aryl methyl sites for hydroxylation is 1. The van der Waals surface area contributed by atoms with Crippen LogP contribution in [0.2, 0.25) is 0 Å². The van der Waals surface area contributed by atoms with Crippen LogP contribution < -0.4 is 10.5 Å². The number of nitrogens with one attached hydrogen (secondary N) is 1. The van der Waals surface area contributed by atoms with Crippen molar-refractivity contribution < 1.29 is 18.3 Å². The summed E-state index contributed by atoms with van der Waals surface area (Å²) in [6, 6.07) is 7.67. The Morgan fingerprint density at radius 1 is 1.21 bits per heavy atom. The van der Waals surface area contributed by atoms with E-state index in [9.17, 15) is 13.6 Å². The molecule has 1 aliphatic carbocycles. The van der Waals surface area contributed by atoms with Crippen molar-refractivity contribution in [2.24, 2.45) is 11.7 Å². The number of rotatable bonds is 6.